The number of rotatable bonds is 6. The van der Waals surface area contributed by atoms with E-state index in [0.29, 0.717) is 0 Å². The van der Waals surface area contributed by atoms with Crippen LogP contribution in [0.2, 0.25) is 0 Å². The smallest absolute Gasteiger partial charge is 0.159 e. The third-order valence-electron chi connectivity index (χ3n) is 11.6. The highest BCUT2D eigenvalue weighted by molar-refractivity contribution is 7.26. The van der Waals surface area contributed by atoms with Crippen LogP contribution in [0.1, 0.15) is 0 Å². The minimum absolute atomic E-state index is 0.877. The molecule has 0 saturated carbocycles. The quantitative estimate of drug-likeness (QED) is 0.168. The number of hydrogen-bond acceptors (Lipinski definition) is 3. The number of para-hydroxylation sites is 4. The van der Waals surface area contributed by atoms with Gasteiger partial charge in [-0.3, -0.25) is 0 Å². The second kappa shape index (κ2) is 13.1. The van der Waals surface area contributed by atoms with Crippen molar-refractivity contribution >= 4 is 92.3 Å². The molecular weight excluding hydrogens is 725 g/mol. The number of aromatic nitrogens is 1. The topological polar surface area (TPSA) is 21.3 Å². The summed E-state index contributed by atoms with van der Waals surface area (Å²) in [6, 6.07) is 74.3. The maximum Gasteiger partial charge on any atom is 0.159 e. The van der Waals surface area contributed by atoms with Gasteiger partial charge in [0.05, 0.1) is 27.1 Å². The number of benzene rings is 9. The fourth-order valence-electron chi connectivity index (χ4n) is 8.91. The highest BCUT2D eigenvalue weighted by Gasteiger charge is 2.22. The molecule has 3 aromatic heterocycles. The molecule has 0 spiro atoms. The van der Waals surface area contributed by atoms with Gasteiger partial charge in [-0.15, -0.1) is 11.3 Å². The standard InChI is InChI=1S/C54H34N2OS/c1-2-15-39(16-3-1)55-47-22-7-4-17-41(47)42-32-29-38(34-50(42)55)37-14-10-13-36(33-37)35-27-30-40(31-28-35)56(48-23-11-20-45-43-18-5-8-25-51(43)57-53(45)48)49-24-12-21-46-44-19-6-9-26-52(44)58-54(46)49/h1-34H. The minimum Gasteiger partial charge on any atom is -0.454 e. The lowest BCUT2D eigenvalue weighted by molar-refractivity contribution is 0.669. The molecule has 0 atom stereocenters. The maximum absolute atomic E-state index is 6.66. The summed E-state index contributed by atoms with van der Waals surface area (Å²) in [5.41, 5.74) is 13.2. The van der Waals surface area contributed by atoms with Crippen molar-refractivity contribution in [2.24, 2.45) is 0 Å². The molecule has 0 radical (unpaired) electrons. The Morgan fingerprint density at radius 1 is 0.397 bits per heavy atom. The minimum atomic E-state index is 0.877. The zero-order valence-electron chi connectivity index (χ0n) is 31.3. The Morgan fingerprint density at radius 3 is 1.88 bits per heavy atom. The van der Waals surface area contributed by atoms with Gasteiger partial charge in [-0.25, -0.2) is 0 Å². The molecule has 272 valence electrons. The number of furan rings is 1. The van der Waals surface area contributed by atoms with E-state index >= 15 is 0 Å². The number of anilines is 3. The Kier molecular flexibility index (Phi) is 7.40. The molecule has 0 N–H and O–H groups in total. The van der Waals surface area contributed by atoms with Crippen molar-refractivity contribution in [2.45, 2.75) is 0 Å². The van der Waals surface area contributed by atoms with Crippen LogP contribution >= 0.6 is 11.3 Å². The van der Waals surface area contributed by atoms with E-state index in [2.05, 4.69) is 210 Å². The summed E-state index contributed by atoms with van der Waals surface area (Å²) in [7, 11) is 0. The monoisotopic (exact) mass is 758 g/mol. The first-order valence-electron chi connectivity index (χ1n) is 19.7. The van der Waals surface area contributed by atoms with Crippen LogP contribution in [0.3, 0.4) is 0 Å². The average molecular weight is 759 g/mol. The molecule has 9 aromatic carbocycles. The summed E-state index contributed by atoms with van der Waals surface area (Å²) in [5, 5.41) is 7.28. The zero-order valence-corrected chi connectivity index (χ0v) is 32.2. The van der Waals surface area contributed by atoms with Crippen molar-refractivity contribution in [1.29, 1.82) is 0 Å². The highest BCUT2D eigenvalue weighted by Crippen LogP contribution is 2.48. The molecule has 12 rings (SSSR count). The van der Waals surface area contributed by atoms with Crippen molar-refractivity contribution in [3.05, 3.63) is 206 Å². The van der Waals surface area contributed by atoms with Gasteiger partial charge in [-0.1, -0.05) is 140 Å². The van der Waals surface area contributed by atoms with E-state index in [1.54, 1.807) is 0 Å². The van der Waals surface area contributed by atoms with Crippen LogP contribution < -0.4 is 4.90 Å². The Balaban J connectivity index is 0.981. The van der Waals surface area contributed by atoms with Gasteiger partial charge in [0.1, 0.15) is 5.58 Å². The first-order chi connectivity index (χ1) is 28.8. The Bertz CT molecular complexity index is 3400. The lowest BCUT2D eigenvalue weighted by atomic mass is 9.98. The van der Waals surface area contributed by atoms with E-state index < -0.39 is 0 Å². The lowest BCUT2D eigenvalue weighted by Gasteiger charge is -2.26. The van der Waals surface area contributed by atoms with Crippen molar-refractivity contribution in [2.75, 3.05) is 4.90 Å². The van der Waals surface area contributed by atoms with E-state index in [9.17, 15) is 0 Å². The first kappa shape index (κ1) is 32.8. The molecule has 0 bridgehead atoms. The third kappa shape index (κ3) is 5.12. The summed E-state index contributed by atoms with van der Waals surface area (Å²) in [6.07, 6.45) is 0. The van der Waals surface area contributed by atoms with Crippen molar-refractivity contribution in [3.8, 4) is 27.9 Å². The molecule has 0 unspecified atom stereocenters. The van der Waals surface area contributed by atoms with Crippen LogP contribution in [0.25, 0.3) is 91.9 Å². The van der Waals surface area contributed by atoms with Crippen molar-refractivity contribution < 1.29 is 4.42 Å². The molecule has 0 aliphatic heterocycles. The normalized spacial score (nSPS) is 11.8. The SMILES string of the molecule is c1ccc(-n2c3ccccc3c3ccc(-c4cccc(-c5ccc(N(c6cccc7c6oc6ccccc67)c6cccc7c6sc6ccccc67)cc5)c4)cc32)cc1. The molecule has 4 heteroatoms. The number of hydrogen-bond donors (Lipinski definition) is 0. The van der Waals surface area contributed by atoms with Crippen LogP contribution in [0, 0.1) is 0 Å². The van der Waals surface area contributed by atoms with Gasteiger partial charge in [0.25, 0.3) is 0 Å². The molecule has 0 saturated heterocycles. The van der Waals surface area contributed by atoms with E-state index in [-0.39, 0.29) is 0 Å². The molecular formula is C54H34N2OS. The van der Waals surface area contributed by atoms with Crippen molar-refractivity contribution in [1.82, 2.24) is 4.57 Å². The summed E-state index contributed by atoms with van der Waals surface area (Å²) in [6.45, 7) is 0. The van der Waals surface area contributed by atoms with Gasteiger partial charge in [0.2, 0.25) is 0 Å². The predicted octanol–water partition coefficient (Wildman–Crippen LogP) is 15.9. The van der Waals surface area contributed by atoms with Gasteiger partial charge in [0.15, 0.2) is 5.58 Å². The zero-order chi connectivity index (χ0) is 38.2. The van der Waals surface area contributed by atoms with Crippen LogP contribution in [-0.4, -0.2) is 4.57 Å². The Hall–Kier alpha value is -7.40. The number of fused-ring (bicyclic) bond motifs is 9. The van der Waals surface area contributed by atoms with Gasteiger partial charge < -0.3 is 13.9 Å². The van der Waals surface area contributed by atoms with Crippen LogP contribution in [-0.2, 0) is 0 Å². The lowest BCUT2D eigenvalue weighted by Crippen LogP contribution is -2.10. The highest BCUT2D eigenvalue weighted by atomic mass is 32.1. The molecule has 3 heterocycles. The first-order valence-corrected chi connectivity index (χ1v) is 20.5. The average Bonchev–Trinajstić information content (AvgIpc) is 3.97. The Morgan fingerprint density at radius 2 is 1.02 bits per heavy atom. The van der Waals surface area contributed by atoms with E-state index in [1.807, 2.05) is 17.4 Å². The van der Waals surface area contributed by atoms with Gasteiger partial charge in [-0.2, -0.15) is 0 Å². The van der Waals surface area contributed by atoms with Crippen LogP contribution in [0.15, 0.2) is 211 Å². The molecule has 0 aliphatic rings. The number of nitrogens with zero attached hydrogens (tertiary/aromatic N) is 2. The molecule has 0 aliphatic carbocycles. The molecule has 58 heavy (non-hydrogen) atoms. The largest absolute Gasteiger partial charge is 0.454 e. The van der Waals surface area contributed by atoms with Crippen molar-refractivity contribution in [3.63, 3.8) is 0 Å². The molecule has 0 fully saturated rings. The molecule has 3 nitrogen and oxygen atoms in total. The fraction of sp³-hybridized carbons (Fsp3) is 0. The summed E-state index contributed by atoms with van der Waals surface area (Å²) >= 11 is 1.84. The summed E-state index contributed by atoms with van der Waals surface area (Å²) in [5.74, 6) is 0. The van der Waals surface area contributed by atoms with Gasteiger partial charge in [-0.05, 0) is 89.0 Å². The number of thiophene rings is 1. The van der Waals surface area contributed by atoms with Gasteiger partial charge in [0, 0.05) is 48.4 Å². The van der Waals surface area contributed by atoms with Gasteiger partial charge >= 0.3 is 0 Å². The van der Waals surface area contributed by atoms with Crippen LogP contribution in [0.5, 0.6) is 0 Å². The van der Waals surface area contributed by atoms with E-state index in [0.717, 1.165) is 50.3 Å². The maximum atomic E-state index is 6.66. The van der Waals surface area contributed by atoms with Crippen LogP contribution in [0.4, 0.5) is 17.1 Å². The van der Waals surface area contributed by atoms with E-state index in [4.69, 9.17) is 4.42 Å². The predicted molar refractivity (Wildman–Crippen MR) is 247 cm³/mol. The molecule has 0 amide bonds. The molecule has 12 aromatic rings. The fourth-order valence-corrected chi connectivity index (χ4v) is 10.1. The Labute approximate surface area is 338 Å². The summed E-state index contributed by atoms with van der Waals surface area (Å²) in [4.78, 5) is 2.38. The second-order valence-corrected chi connectivity index (χ2v) is 15.9. The second-order valence-electron chi connectivity index (χ2n) is 14.9. The van der Waals surface area contributed by atoms with E-state index in [1.165, 1.54) is 58.7 Å². The third-order valence-corrected chi connectivity index (χ3v) is 12.8. The summed E-state index contributed by atoms with van der Waals surface area (Å²) < 4.78 is 11.6.